The molecule has 2 fully saturated rings. The van der Waals surface area contributed by atoms with E-state index in [1.165, 1.54) is 19.3 Å². The second kappa shape index (κ2) is 11.8. The lowest BCUT2D eigenvalue weighted by atomic mass is 9.98. The molecular formula is C17H30N2O7. The van der Waals surface area contributed by atoms with Gasteiger partial charge in [0.25, 0.3) is 0 Å². The van der Waals surface area contributed by atoms with Gasteiger partial charge in [-0.1, -0.05) is 19.3 Å². The van der Waals surface area contributed by atoms with Crippen LogP contribution in [0.4, 0.5) is 0 Å². The van der Waals surface area contributed by atoms with Crippen molar-refractivity contribution in [3.05, 3.63) is 0 Å². The van der Waals surface area contributed by atoms with Gasteiger partial charge in [-0.2, -0.15) is 0 Å². The zero-order valence-corrected chi connectivity index (χ0v) is 15.3. The summed E-state index contributed by atoms with van der Waals surface area (Å²) in [4.78, 5) is 33.5. The van der Waals surface area contributed by atoms with Gasteiger partial charge in [0.2, 0.25) is 5.91 Å². The maximum atomic E-state index is 11.2. The molecule has 3 N–H and O–H groups in total. The molecule has 9 heteroatoms. The van der Waals surface area contributed by atoms with E-state index >= 15 is 0 Å². The van der Waals surface area contributed by atoms with Crippen molar-refractivity contribution in [3.63, 3.8) is 0 Å². The van der Waals surface area contributed by atoms with Crippen molar-refractivity contribution >= 4 is 17.8 Å². The number of carboxylic acid groups (broad SMARTS) is 2. The van der Waals surface area contributed by atoms with Gasteiger partial charge in [0, 0.05) is 39.6 Å². The van der Waals surface area contributed by atoms with Gasteiger partial charge in [0.15, 0.2) is 0 Å². The van der Waals surface area contributed by atoms with Crippen molar-refractivity contribution in [1.82, 2.24) is 9.80 Å². The lowest BCUT2D eigenvalue weighted by molar-refractivity contribution is -0.159. The molecule has 0 aromatic heterocycles. The Morgan fingerprint density at radius 1 is 1.00 bits per heavy atom. The van der Waals surface area contributed by atoms with Crippen LogP contribution in [-0.4, -0.2) is 94.5 Å². The first-order valence-electron chi connectivity index (χ1n) is 9.03. The molecule has 1 unspecified atom stereocenters. The SMILES string of the molecule is CC(=O)N1CCN(CC(O)COC2CCCCC2)CC1.O=C(O)C(=O)O. The molecule has 1 heterocycles. The first kappa shape index (κ1) is 22.3. The second-order valence-corrected chi connectivity index (χ2v) is 6.66. The molecule has 1 saturated carbocycles. The number of rotatable bonds is 5. The summed E-state index contributed by atoms with van der Waals surface area (Å²) in [5.41, 5.74) is 0. The lowest BCUT2D eigenvalue weighted by Gasteiger charge is -2.35. The number of carbonyl (C=O) groups excluding carboxylic acids is 1. The van der Waals surface area contributed by atoms with E-state index in [2.05, 4.69) is 4.90 Å². The predicted molar refractivity (Wildman–Crippen MR) is 92.8 cm³/mol. The van der Waals surface area contributed by atoms with Crippen LogP contribution in [0, 0.1) is 0 Å². The molecular weight excluding hydrogens is 344 g/mol. The Hall–Kier alpha value is -1.71. The summed E-state index contributed by atoms with van der Waals surface area (Å²) in [5, 5.41) is 24.8. The van der Waals surface area contributed by atoms with Crippen molar-refractivity contribution in [2.45, 2.75) is 51.2 Å². The number of piperazine rings is 1. The maximum Gasteiger partial charge on any atom is 0.414 e. The summed E-state index contributed by atoms with van der Waals surface area (Å²) in [5.74, 6) is -3.50. The minimum absolute atomic E-state index is 0.144. The molecule has 150 valence electrons. The molecule has 0 bridgehead atoms. The minimum Gasteiger partial charge on any atom is -0.473 e. The molecule has 0 spiro atoms. The highest BCUT2D eigenvalue weighted by atomic mass is 16.5. The third-order valence-electron chi connectivity index (χ3n) is 4.55. The van der Waals surface area contributed by atoms with Crippen molar-refractivity contribution < 1.29 is 34.4 Å². The number of aliphatic carboxylic acids is 2. The molecule has 9 nitrogen and oxygen atoms in total. The van der Waals surface area contributed by atoms with E-state index in [-0.39, 0.29) is 5.91 Å². The van der Waals surface area contributed by atoms with Gasteiger partial charge in [0.1, 0.15) is 0 Å². The van der Waals surface area contributed by atoms with Crippen LogP contribution in [-0.2, 0) is 19.1 Å². The molecule has 1 saturated heterocycles. The van der Waals surface area contributed by atoms with E-state index < -0.39 is 18.0 Å². The normalized spacial score (nSPS) is 20.0. The number of β-amino-alcohol motifs (C(OH)–C–C–N with tert-alkyl or cyclic N) is 1. The van der Waals surface area contributed by atoms with Crippen LogP contribution >= 0.6 is 0 Å². The van der Waals surface area contributed by atoms with Crippen LogP contribution in [0.2, 0.25) is 0 Å². The molecule has 0 aromatic rings. The summed E-state index contributed by atoms with van der Waals surface area (Å²) >= 11 is 0. The van der Waals surface area contributed by atoms with Crippen LogP contribution in [0.5, 0.6) is 0 Å². The Balaban J connectivity index is 0.000000487. The van der Waals surface area contributed by atoms with Crippen molar-refractivity contribution in [1.29, 1.82) is 0 Å². The summed E-state index contributed by atoms with van der Waals surface area (Å²) in [7, 11) is 0. The van der Waals surface area contributed by atoms with Crippen molar-refractivity contribution in [2.24, 2.45) is 0 Å². The minimum atomic E-state index is -1.82. The van der Waals surface area contributed by atoms with Crippen LogP contribution in [0.1, 0.15) is 39.0 Å². The topological polar surface area (TPSA) is 128 Å². The van der Waals surface area contributed by atoms with E-state index in [9.17, 15) is 9.90 Å². The van der Waals surface area contributed by atoms with E-state index in [0.717, 1.165) is 39.0 Å². The Kier molecular flexibility index (Phi) is 10.2. The number of aliphatic hydroxyl groups is 1. The standard InChI is InChI=1S/C15H28N2O3.C2H2O4/c1-13(18)17-9-7-16(8-10-17)11-14(19)12-20-15-5-3-2-4-6-15;3-1(4)2(5)6/h14-15,19H,2-12H2,1H3;(H,3,4)(H,5,6). The quantitative estimate of drug-likeness (QED) is 0.575. The summed E-state index contributed by atoms with van der Waals surface area (Å²) in [6.07, 6.45) is 6.06. The van der Waals surface area contributed by atoms with Crippen LogP contribution in [0.15, 0.2) is 0 Å². The zero-order chi connectivity index (χ0) is 19.5. The average Bonchev–Trinajstić information content (AvgIpc) is 2.62. The first-order chi connectivity index (χ1) is 12.3. The average molecular weight is 374 g/mol. The fourth-order valence-electron chi connectivity index (χ4n) is 3.08. The molecule has 1 aliphatic heterocycles. The molecule has 2 aliphatic rings. The van der Waals surface area contributed by atoms with E-state index in [4.69, 9.17) is 24.5 Å². The molecule has 0 radical (unpaired) electrons. The molecule has 1 aliphatic carbocycles. The number of hydrogen-bond donors (Lipinski definition) is 3. The smallest absolute Gasteiger partial charge is 0.414 e. The maximum absolute atomic E-state index is 11.2. The van der Waals surface area contributed by atoms with Gasteiger partial charge in [-0.15, -0.1) is 0 Å². The third-order valence-corrected chi connectivity index (χ3v) is 4.55. The first-order valence-corrected chi connectivity index (χ1v) is 9.03. The van der Waals surface area contributed by atoms with Crippen LogP contribution in [0.3, 0.4) is 0 Å². The highest BCUT2D eigenvalue weighted by Gasteiger charge is 2.21. The number of nitrogens with zero attached hydrogens (tertiary/aromatic N) is 2. The second-order valence-electron chi connectivity index (χ2n) is 6.66. The van der Waals surface area contributed by atoms with Crippen molar-refractivity contribution in [3.8, 4) is 0 Å². The number of aliphatic hydroxyl groups excluding tert-OH is 1. The van der Waals surface area contributed by atoms with Gasteiger partial charge in [-0.05, 0) is 12.8 Å². The van der Waals surface area contributed by atoms with Gasteiger partial charge >= 0.3 is 11.9 Å². The summed E-state index contributed by atoms with van der Waals surface area (Å²) in [6.45, 7) is 5.94. The Morgan fingerprint density at radius 2 is 1.54 bits per heavy atom. The summed E-state index contributed by atoms with van der Waals surface area (Å²) < 4.78 is 5.80. The molecule has 2 rings (SSSR count). The Morgan fingerprint density at radius 3 is 2.00 bits per heavy atom. The van der Waals surface area contributed by atoms with Crippen molar-refractivity contribution in [2.75, 3.05) is 39.3 Å². The van der Waals surface area contributed by atoms with Gasteiger partial charge in [-0.3, -0.25) is 9.69 Å². The molecule has 0 aromatic carbocycles. The number of carboxylic acids is 2. The fraction of sp³-hybridized carbons (Fsp3) is 0.824. The summed E-state index contributed by atoms with van der Waals surface area (Å²) in [6, 6.07) is 0. The number of ether oxygens (including phenoxy) is 1. The monoisotopic (exact) mass is 374 g/mol. The fourth-order valence-corrected chi connectivity index (χ4v) is 3.08. The predicted octanol–water partition coefficient (Wildman–Crippen LogP) is 0.0163. The number of hydrogen-bond acceptors (Lipinski definition) is 6. The lowest BCUT2D eigenvalue weighted by Crippen LogP contribution is -2.50. The van der Waals surface area contributed by atoms with Gasteiger partial charge < -0.3 is 25.0 Å². The third kappa shape index (κ3) is 9.12. The molecule has 26 heavy (non-hydrogen) atoms. The van der Waals surface area contributed by atoms with E-state index in [0.29, 0.717) is 19.3 Å². The number of amides is 1. The highest BCUT2D eigenvalue weighted by Crippen LogP contribution is 2.20. The zero-order valence-electron chi connectivity index (χ0n) is 15.3. The van der Waals surface area contributed by atoms with Gasteiger partial charge in [0.05, 0.1) is 18.8 Å². The van der Waals surface area contributed by atoms with E-state index in [1.807, 2.05) is 4.90 Å². The van der Waals surface area contributed by atoms with Crippen LogP contribution < -0.4 is 0 Å². The van der Waals surface area contributed by atoms with Gasteiger partial charge in [-0.25, -0.2) is 9.59 Å². The van der Waals surface area contributed by atoms with E-state index in [1.54, 1.807) is 6.92 Å². The van der Waals surface area contributed by atoms with Crippen LogP contribution in [0.25, 0.3) is 0 Å². The Bertz CT molecular complexity index is 446. The molecule has 1 atom stereocenters. The Labute approximate surface area is 153 Å². The highest BCUT2D eigenvalue weighted by molar-refractivity contribution is 6.27. The largest absolute Gasteiger partial charge is 0.473 e. The number of carbonyl (C=O) groups is 3. The molecule has 1 amide bonds.